The highest BCUT2D eigenvalue weighted by Gasteiger charge is 2.02. The number of rotatable bonds is 31. The van der Waals surface area contributed by atoms with Gasteiger partial charge in [-0.2, -0.15) is 0 Å². The molecule has 0 saturated heterocycles. The first-order valence-corrected chi connectivity index (χ1v) is 14.0. The molecule has 0 aliphatic heterocycles. The number of carbonyl (C=O) groups excluding carboxylic acids is 1. The quantitative estimate of drug-likeness (QED) is 0.0981. The van der Waals surface area contributed by atoms with Crippen LogP contribution in [0.4, 0.5) is 0 Å². The predicted octanol–water partition coefficient (Wildman–Crippen LogP) is 4.20. The zero-order chi connectivity index (χ0) is 26.2. The summed E-state index contributed by atoms with van der Waals surface area (Å²) < 4.78 is 43.2. The Balaban J connectivity index is 3.08. The van der Waals surface area contributed by atoms with Gasteiger partial charge in [-0.1, -0.05) is 52.4 Å². The highest BCUT2D eigenvalue weighted by Crippen LogP contribution is 2.05. The minimum Gasteiger partial charge on any atom is -0.463 e. The van der Waals surface area contributed by atoms with E-state index in [0.29, 0.717) is 98.9 Å². The molecule has 36 heavy (non-hydrogen) atoms. The topological polar surface area (TPSA) is 90.9 Å². The highest BCUT2D eigenvalue weighted by molar-refractivity contribution is 5.69. The maximum absolute atomic E-state index is 11.6. The lowest BCUT2D eigenvalue weighted by Gasteiger charge is -2.09. The van der Waals surface area contributed by atoms with Crippen LogP contribution < -0.4 is 0 Å². The van der Waals surface area contributed by atoms with Crippen LogP contribution in [0.1, 0.15) is 71.6 Å². The molecule has 0 fully saturated rings. The molecule has 0 unspecified atom stereocenters. The minimum atomic E-state index is -0.139. The second-order valence-electron chi connectivity index (χ2n) is 8.38. The summed E-state index contributed by atoms with van der Waals surface area (Å²) in [6, 6.07) is 0. The Morgan fingerprint density at radius 2 is 0.722 bits per heavy atom. The third-order valence-electron chi connectivity index (χ3n) is 5.10. The van der Waals surface area contributed by atoms with Crippen molar-refractivity contribution >= 4 is 5.97 Å². The Morgan fingerprint density at radius 1 is 0.389 bits per heavy atom. The molecule has 0 atom stereocenters. The van der Waals surface area contributed by atoms with Crippen molar-refractivity contribution in [1.29, 1.82) is 0 Å². The van der Waals surface area contributed by atoms with Crippen molar-refractivity contribution in [3.63, 3.8) is 0 Å². The van der Waals surface area contributed by atoms with Gasteiger partial charge in [0.05, 0.1) is 85.9 Å². The first kappa shape index (κ1) is 35.2. The first-order valence-electron chi connectivity index (χ1n) is 14.0. The van der Waals surface area contributed by atoms with E-state index in [-0.39, 0.29) is 5.97 Å². The number of hydrogen-bond acceptors (Lipinski definition) is 9. The van der Waals surface area contributed by atoms with Gasteiger partial charge >= 0.3 is 5.97 Å². The molecule has 0 radical (unpaired) electrons. The summed E-state index contributed by atoms with van der Waals surface area (Å²) in [4.78, 5) is 11.6. The van der Waals surface area contributed by atoms with E-state index in [9.17, 15) is 4.79 Å². The fourth-order valence-corrected chi connectivity index (χ4v) is 3.04. The molecule has 9 heteroatoms. The number of hydrogen-bond donors (Lipinski definition) is 0. The molecule has 0 rings (SSSR count). The molecular weight excluding hydrogens is 468 g/mol. The van der Waals surface area contributed by atoms with Gasteiger partial charge in [-0.25, -0.2) is 0 Å². The van der Waals surface area contributed by atoms with Crippen LogP contribution in [-0.4, -0.2) is 105 Å². The van der Waals surface area contributed by atoms with Crippen LogP contribution in [-0.2, 0) is 42.7 Å². The summed E-state index contributed by atoms with van der Waals surface area (Å²) in [5.41, 5.74) is 0. The van der Waals surface area contributed by atoms with E-state index < -0.39 is 0 Å². The molecule has 0 aliphatic rings. The normalized spacial score (nSPS) is 11.3. The lowest BCUT2D eigenvalue weighted by atomic mass is 10.1. The van der Waals surface area contributed by atoms with Crippen molar-refractivity contribution in [2.45, 2.75) is 71.6 Å². The van der Waals surface area contributed by atoms with Gasteiger partial charge in [0.2, 0.25) is 0 Å². The second-order valence-corrected chi connectivity index (χ2v) is 8.38. The fraction of sp³-hybridized carbons (Fsp3) is 0.963. The second kappa shape index (κ2) is 32.2. The third kappa shape index (κ3) is 31.2. The standard InChI is InChI=1S/C27H54O9/c1-3-5-7-8-9-11-27(28)36-26-25-35-24-23-34-22-21-33-20-19-32-18-17-31-16-15-30-14-13-29-12-10-6-4-2/h3-26H2,1-2H3. The summed E-state index contributed by atoms with van der Waals surface area (Å²) in [6.07, 6.45) is 9.67. The zero-order valence-corrected chi connectivity index (χ0v) is 23.1. The molecule has 216 valence electrons. The Hall–Kier alpha value is -0.810. The maximum atomic E-state index is 11.6. The zero-order valence-electron chi connectivity index (χ0n) is 23.1. The molecule has 0 aromatic rings. The van der Waals surface area contributed by atoms with E-state index in [4.69, 9.17) is 37.9 Å². The monoisotopic (exact) mass is 522 g/mol. The van der Waals surface area contributed by atoms with Crippen molar-refractivity contribution in [2.75, 3.05) is 99.1 Å². The van der Waals surface area contributed by atoms with Crippen LogP contribution in [0, 0.1) is 0 Å². The predicted molar refractivity (Wildman–Crippen MR) is 140 cm³/mol. The molecular formula is C27H54O9. The molecule has 9 nitrogen and oxygen atoms in total. The Morgan fingerprint density at radius 3 is 1.14 bits per heavy atom. The van der Waals surface area contributed by atoms with Gasteiger partial charge in [-0.15, -0.1) is 0 Å². The van der Waals surface area contributed by atoms with Gasteiger partial charge in [0.1, 0.15) is 6.61 Å². The molecule has 0 N–H and O–H groups in total. The SMILES string of the molecule is CCCCCCCC(=O)OCCOCCOCCOCCOCCOCCOCCOCCCCC. The van der Waals surface area contributed by atoms with E-state index >= 15 is 0 Å². The van der Waals surface area contributed by atoms with Gasteiger partial charge in [0.15, 0.2) is 0 Å². The van der Waals surface area contributed by atoms with Crippen molar-refractivity contribution in [1.82, 2.24) is 0 Å². The molecule has 0 aliphatic carbocycles. The molecule has 0 aromatic heterocycles. The average Bonchev–Trinajstić information content (AvgIpc) is 2.88. The number of esters is 1. The maximum Gasteiger partial charge on any atom is 0.305 e. The summed E-state index contributed by atoms with van der Waals surface area (Å²) in [5.74, 6) is -0.139. The van der Waals surface area contributed by atoms with Gasteiger partial charge in [0.25, 0.3) is 0 Å². The fourth-order valence-electron chi connectivity index (χ4n) is 3.04. The Kier molecular flexibility index (Phi) is 31.5. The molecule has 0 spiro atoms. The van der Waals surface area contributed by atoms with Crippen LogP contribution in [0.3, 0.4) is 0 Å². The van der Waals surface area contributed by atoms with E-state index in [1.54, 1.807) is 0 Å². The smallest absolute Gasteiger partial charge is 0.305 e. The van der Waals surface area contributed by atoms with Gasteiger partial charge in [0, 0.05) is 13.0 Å². The first-order chi connectivity index (χ1) is 17.8. The van der Waals surface area contributed by atoms with E-state index in [1.807, 2.05) is 0 Å². The van der Waals surface area contributed by atoms with E-state index in [2.05, 4.69) is 13.8 Å². The number of ether oxygens (including phenoxy) is 8. The molecule has 0 bridgehead atoms. The van der Waals surface area contributed by atoms with Gasteiger partial charge in [-0.3, -0.25) is 4.79 Å². The number of unbranched alkanes of at least 4 members (excludes halogenated alkanes) is 6. The van der Waals surface area contributed by atoms with Crippen LogP contribution in [0.2, 0.25) is 0 Å². The molecule has 0 heterocycles. The van der Waals surface area contributed by atoms with E-state index in [1.165, 1.54) is 32.1 Å². The summed E-state index contributed by atoms with van der Waals surface area (Å²) >= 11 is 0. The van der Waals surface area contributed by atoms with E-state index in [0.717, 1.165) is 25.9 Å². The van der Waals surface area contributed by atoms with Crippen LogP contribution >= 0.6 is 0 Å². The minimum absolute atomic E-state index is 0.139. The van der Waals surface area contributed by atoms with Crippen molar-refractivity contribution in [2.24, 2.45) is 0 Å². The molecule has 0 saturated carbocycles. The van der Waals surface area contributed by atoms with Gasteiger partial charge < -0.3 is 37.9 Å². The lowest BCUT2D eigenvalue weighted by Crippen LogP contribution is -2.15. The summed E-state index contributed by atoms with van der Waals surface area (Å²) in [5, 5.41) is 0. The Bertz CT molecular complexity index is 424. The highest BCUT2D eigenvalue weighted by atomic mass is 16.6. The van der Waals surface area contributed by atoms with Crippen LogP contribution in [0.5, 0.6) is 0 Å². The van der Waals surface area contributed by atoms with Crippen molar-refractivity contribution < 1.29 is 42.7 Å². The third-order valence-corrected chi connectivity index (χ3v) is 5.10. The van der Waals surface area contributed by atoms with Crippen molar-refractivity contribution in [3.05, 3.63) is 0 Å². The van der Waals surface area contributed by atoms with Crippen molar-refractivity contribution in [3.8, 4) is 0 Å². The lowest BCUT2D eigenvalue weighted by molar-refractivity contribution is -0.145. The molecule has 0 amide bonds. The van der Waals surface area contributed by atoms with Crippen LogP contribution in [0.15, 0.2) is 0 Å². The Labute approximate surface area is 219 Å². The van der Waals surface area contributed by atoms with Crippen LogP contribution in [0.25, 0.3) is 0 Å². The summed E-state index contributed by atoms with van der Waals surface area (Å²) in [6.45, 7) is 12.3. The van der Waals surface area contributed by atoms with Gasteiger partial charge in [-0.05, 0) is 12.8 Å². The largest absolute Gasteiger partial charge is 0.463 e. The number of carbonyl (C=O) groups is 1. The molecule has 0 aromatic carbocycles. The summed E-state index contributed by atoms with van der Waals surface area (Å²) in [7, 11) is 0. The average molecular weight is 523 g/mol.